The van der Waals surface area contributed by atoms with E-state index in [2.05, 4.69) is 11.8 Å². The number of ether oxygens (including phenoxy) is 1. The number of carbonyl (C=O) groups is 1. The average Bonchev–Trinajstić information content (AvgIpc) is 2.83. The first-order chi connectivity index (χ1) is 10.1. The highest BCUT2D eigenvalue weighted by atomic mass is 16.5. The number of hydrogen-bond donors (Lipinski definition) is 1. The maximum absolute atomic E-state index is 10.9. The topological polar surface area (TPSA) is 49.8 Å². The predicted molar refractivity (Wildman–Crippen MR) is 82.6 cm³/mol. The van der Waals surface area contributed by atoms with Crippen LogP contribution in [0.5, 0.6) is 0 Å². The van der Waals surface area contributed by atoms with Gasteiger partial charge in [-0.25, -0.2) is 4.79 Å². The van der Waals surface area contributed by atoms with Gasteiger partial charge >= 0.3 is 5.97 Å². The Morgan fingerprint density at radius 2 is 2.10 bits per heavy atom. The number of nitrogens with zero attached hydrogens (tertiary/aromatic N) is 1. The van der Waals surface area contributed by atoms with E-state index in [9.17, 15) is 4.79 Å². The number of likely N-dealkylation sites (tertiary alicyclic amines) is 1. The van der Waals surface area contributed by atoms with Crippen molar-refractivity contribution in [1.29, 1.82) is 0 Å². The Morgan fingerprint density at radius 3 is 2.67 bits per heavy atom. The molecule has 21 heavy (non-hydrogen) atoms. The number of hydrogen-bond acceptors (Lipinski definition) is 3. The zero-order valence-electron chi connectivity index (χ0n) is 13.0. The zero-order valence-corrected chi connectivity index (χ0v) is 13.0. The van der Waals surface area contributed by atoms with Crippen molar-refractivity contribution >= 4 is 5.97 Å². The van der Waals surface area contributed by atoms with Crippen LogP contribution in [-0.2, 0) is 11.3 Å². The maximum Gasteiger partial charge on any atom is 0.335 e. The molecule has 116 valence electrons. The van der Waals surface area contributed by atoms with E-state index in [0.717, 1.165) is 32.5 Å². The second-order valence-corrected chi connectivity index (χ2v) is 5.93. The van der Waals surface area contributed by atoms with Crippen molar-refractivity contribution in [3.63, 3.8) is 0 Å². The molecule has 0 aromatic heterocycles. The number of carboxylic acid groups (broad SMARTS) is 1. The first-order valence-corrected chi connectivity index (χ1v) is 7.67. The van der Waals surface area contributed by atoms with E-state index in [0.29, 0.717) is 5.56 Å². The second kappa shape index (κ2) is 7.05. The lowest BCUT2D eigenvalue weighted by Crippen LogP contribution is -2.46. The van der Waals surface area contributed by atoms with Crippen molar-refractivity contribution in [3.05, 3.63) is 35.4 Å². The van der Waals surface area contributed by atoms with Crippen LogP contribution in [-0.4, -0.2) is 41.8 Å². The van der Waals surface area contributed by atoms with Gasteiger partial charge in [-0.15, -0.1) is 0 Å². The Hall–Kier alpha value is -1.39. The second-order valence-electron chi connectivity index (χ2n) is 5.93. The van der Waals surface area contributed by atoms with Crippen molar-refractivity contribution in [2.45, 2.75) is 44.7 Å². The van der Waals surface area contributed by atoms with Crippen molar-refractivity contribution in [1.82, 2.24) is 4.90 Å². The van der Waals surface area contributed by atoms with Crippen molar-refractivity contribution in [3.8, 4) is 0 Å². The molecule has 1 aromatic carbocycles. The molecule has 1 N–H and O–H groups in total. The van der Waals surface area contributed by atoms with Crippen LogP contribution >= 0.6 is 0 Å². The summed E-state index contributed by atoms with van der Waals surface area (Å²) in [6.07, 6.45) is 4.68. The molecule has 1 heterocycles. The third-order valence-electron chi connectivity index (χ3n) is 4.44. The third-order valence-corrected chi connectivity index (χ3v) is 4.44. The van der Waals surface area contributed by atoms with E-state index >= 15 is 0 Å². The van der Waals surface area contributed by atoms with Gasteiger partial charge in [0.2, 0.25) is 0 Å². The molecule has 1 atom stereocenters. The summed E-state index contributed by atoms with van der Waals surface area (Å²) in [4.78, 5) is 13.4. The fraction of sp³-hybridized carbons (Fsp3) is 0.588. The molecule has 1 aromatic rings. The van der Waals surface area contributed by atoms with Gasteiger partial charge < -0.3 is 9.84 Å². The smallest absolute Gasteiger partial charge is 0.335 e. The molecule has 0 aliphatic carbocycles. The van der Waals surface area contributed by atoms with Crippen LogP contribution in [0.15, 0.2) is 24.3 Å². The summed E-state index contributed by atoms with van der Waals surface area (Å²) < 4.78 is 5.48. The van der Waals surface area contributed by atoms with Gasteiger partial charge in [0.1, 0.15) is 0 Å². The number of aromatic carboxylic acids is 1. The maximum atomic E-state index is 10.9. The highest BCUT2D eigenvalue weighted by Gasteiger charge is 2.39. The number of benzene rings is 1. The van der Waals surface area contributed by atoms with E-state index in [1.54, 1.807) is 19.2 Å². The van der Waals surface area contributed by atoms with Gasteiger partial charge in [-0.3, -0.25) is 4.90 Å². The molecule has 4 nitrogen and oxygen atoms in total. The molecule has 4 heteroatoms. The standard InChI is InChI=1S/C17H25NO3/c1-3-9-17(13-21-2)10-4-11-18(17)12-14-5-7-15(8-6-14)16(19)20/h5-8H,3-4,9-13H2,1-2H3,(H,19,20). The van der Waals surface area contributed by atoms with Gasteiger partial charge in [0.25, 0.3) is 0 Å². The Bertz CT molecular complexity index is 463. The molecule has 1 aliphatic rings. The van der Waals surface area contributed by atoms with E-state index in [1.807, 2.05) is 12.1 Å². The SMILES string of the molecule is CCCC1(COC)CCCN1Cc1ccc(C(=O)O)cc1. The Labute approximate surface area is 126 Å². The monoisotopic (exact) mass is 291 g/mol. The van der Waals surface area contributed by atoms with E-state index in [4.69, 9.17) is 9.84 Å². The van der Waals surface area contributed by atoms with Crippen LogP contribution in [0.3, 0.4) is 0 Å². The number of carboxylic acids is 1. The van der Waals surface area contributed by atoms with Crippen LogP contribution in [0.1, 0.15) is 48.5 Å². The summed E-state index contributed by atoms with van der Waals surface area (Å²) in [5, 5.41) is 8.96. The molecule has 0 saturated carbocycles. The molecule has 1 aliphatic heterocycles. The summed E-state index contributed by atoms with van der Waals surface area (Å²) in [5.41, 5.74) is 1.66. The van der Waals surface area contributed by atoms with Gasteiger partial charge in [0.05, 0.1) is 12.2 Å². The summed E-state index contributed by atoms with van der Waals surface area (Å²) >= 11 is 0. The average molecular weight is 291 g/mol. The molecule has 0 amide bonds. The molecule has 1 saturated heterocycles. The highest BCUT2D eigenvalue weighted by molar-refractivity contribution is 5.87. The Kier molecular flexibility index (Phi) is 5.37. The molecule has 1 unspecified atom stereocenters. The Morgan fingerprint density at radius 1 is 1.38 bits per heavy atom. The number of rotatable bonds is 7. The molecule has 0 spiro atoms. The minimum Gasteiger partial charge on any atom is -0.478 e. The summed E-state index contributed by atoms with van der Waals surface area (Å²) in [7, 11) is 1.77. The van der Waals surface area contributed by atoms with Gasteiger partial charge in [-0.1, -0.05) is 25.5 Å². The lowest BCUT2D eigenvalue weighted by atomic mass is 9.91. The summed E-state index contributed by atoms with van der Waals surface area (Å²) in [6, 6.07) is 7.22. The minimum atomic E-state index is -0.873. The summed E-state index contributed by atoms with van der Waals surface area (Å²) in [6.45, 7) is 4.94. The zero-order chi connectivity index (χ0) is 15.3. The molecular formula is C17H25NO3. The molecular weight excluding hydrogens is 266 g/mol. The fourth-order valence-corrected chi connectivity index (χ4v) is 3.47. The minimum absolute atomic E-state index is 0.148. The van der Waals surface area contributed by atoms with Gasteiger partial charge in [0.15, 0.2) is 0 Å². The molecule has 2 rings (SSSR count). The number of methoxy groups -OCH3 is 1. The van der Waals surface area contributed by atoms with Crippen LogP contribution in [0, 0.1) is 0 Å². The van der Waals surface area contributed by atoms with E-state index < -0.39 is 5.97 Å². The Balaban J connectivity index is 2.10. The normalized spacial score (nSPS) is 22.6. The van der Waals surface area contributed by atoms with Crippen molar-refractivity contribution in [2.24, 2.45) is 0 Å². The van der Waals surface area contributed by atoms with Crippen LogP contribution in [0.25, 0.3) is 0 Å². The quantitative estimate of drug-likeness (QED) is 0.838. The largest absolute Gasteiger partial charge is 0.478 e. The highest BCUT2D eigenvalue weighted by Crippen LogP contribution is 2.35. The first kappa shape index (κ1) is 16.0. The fourth-order valence-electron chi connectivity index (χ4n) is 3.47. The lowest BCUT2D eigenvalue weighted by molar-refractivity contribution is 0.0265. The van der Waals surface area contributed by atoms with Crippen molar-refractivity contribution < 1.29 is 14.6 Å². The van der Waals surface area contributed by atoms with E-state index in [-0.39, 0.29) is 5.54 Å². The lowest BCUT2D eigenvalue weighted by Gasteiger charge is -2.38. The van der Waals surface area contributed by atoms with Gasteiger partial charge in [-0.2, -0.15) is 0 Å². The molecule has 0 radical (unpaired) electrons. The van der Waals surface area contributed by atoms with Crippen LogP contribution < -0.4 is 0 Å². The first-order valence-electron chi connectivity index (χ1n) is 7.67. The molecule has 0 bridgehead atoms. The van der Waals surface area contributed by atoms with Crippen LogP contribution in [0.4, 0.5) is 0 Å². The predicted octanol–water partition coefficient (Wildman–Crippen LogP) is 3.17. The third kappa shape index (κ3) is 3.63. The van der Waals surface area contributed by atoms with Crippen molar-refractivity contribution in [2.75, 3.05) is 20.3 Å². The van der Waals surface area contributed by atoms with Gasteiger partial charge in [-0.05, 0) is 43.5 Å². The van der Waals surface area contributed by atoms with Gasteiger partial charge in [0, 0.05) is 19.2 Å². The van der Waals surface area contributed by atoms with E-state index in [1.165, 1.54) is 18.4 Å². The molecule has 1 fully saturated rings. The van der Waals surface area contributed by atoms with Crippen LogP contribution in [0.2, 0.25) is 0 Å². The summed E-state index contributed by atoms with van der Waals surface area (Å²) in [5.74, 6) is -0.873.